The number of hydrogen-bond acceptors (Lipinski definition) is 0. The summed E-state index contributed by atoms with van der Waals surface area (Å²) in [5.74, 6) is 1.74. The summed E-state index contributed by atoms with van der Waals surface area (Å²) in [4.78, 5) is 0. The Morgan fingerprint density at radius 1 is 0.789 bits per heavy atom. The van der Waals surface area contributed by atoms with Crippen LogP contribution >= 0.6 is 0 Å². The van der Waals surface area contributed by atoms with E-state index in [2.05, 4.69) is 26.0 Å². The van der Waals surface area contributed by atoms with Crippen LogP contribution in [0.1, 0.15) is 68.2 Å². The summed E-state index contributed by atoms with van der Waals surface area (Å²) < 4.78 is 0. The molecule has 0 saturated carbocycles. The van der Waals surface area contributed by atoms with E-state index in [0.29, 0.717) is 0 Å². The van der Waals surface area contributed by atoms with Crippen molar-refractivity contribution in [2.75, 3.05) is 0 Å². The van der Waals surface area contributed by atoms with Crippen LogP contribution in [0.15, 0.2) is 12.1 Å². The molecule has 0 heteroatoms. The van der Waals surface area contributed by atoms with Gasteiger partial charge in [-0.15, -0.1) is 0 Å². The molecule has 0 fully saturated rings. The smallest absolute Gasteiger partial charge is 0.0245 e. The first kappa shape index (κ1) is 13.2. The maximum Gasteiger partial charge on any atom is -0.0245 e. The molecule has 1 atom stereocenters. The third-order valence-electron chi connectivity index (χ3n) is 5.36. The Balaban J connectivity index is 1.93. The zero-order valence-electron chi connectivity index (χ0n) is 12.7. The van der Waals surface area contributed by atoms with Crippen molar-refractivity contribution in [2.45, 2.75) is 71.6 Å². The van der Waals surface area contributed by atoms with Crippen molar-refractivity contribution in [3.05, 3.63) is 34.4 Å². The molecule has 19 heavy (non-hydrogen) atoms. The van der Waals surface area contributed by atoms with Gasteiger partial charge in [0.1, 0.15) is 0 Å². The van der Waals surface area contributed by atoms with Gasteiger partial charge in [0.25, 0.3) is 0 Å². The van der Waals surface area contributed by atoms with Gasteiger partial charge in [-0.3, -0.25) is 0 Å². The third kappa shape index (κ3) is 2.88. The van der Waals surface area contributed by atoms with Crippen LogP contribution in [0.5, 0.6) is 0 Å². The van der Waals surface area contributed by atoms with Crippen LogP contribution in [0.2, 0.25) is 0 Å². The monoisotopic (exact) mass is 256 g/mol. The van der Waals surface area contributed by atoms with Crippen LogP contribution in [0.4, 0.5) is 0 Å². The predicted molar refractivity (Wildman–Crippen MR) is 82.7 cm³/mol. The van der Waals surface area contributed by atoms with Crippen molar-refractivity contribution in [3.8, 4) is 0 Å². The quantitative estimate of drug-likeness (QED) is 0.655. The molecule has 1 aromatic rings. The SMILES string of the molecule is CC(C)C1CCCCc2cc3c(cc2C1)CCCC3. The van der Waals surface area contributed by atoms with E-state index in [0.717, 1.165) is 11.8 Å². The van der Waals surface area contributed by atoms with Gasteiger partial charge < -0.3 is 0 Å². The van der Waals surface area contributed by atoms with E-state index in [1.54, 1.807) is 22.3 Å². The van der Waals surface area contributed by atoms with Crippen molar-refractivity contribution >= 4 is 0 Å². The lowest BCUT2D eigenvalue weighted by molar-refractivity contribution is 0.339. The summed E-state index contributed by atoms with van der Waals surface area (Å²) in [6.07, 6.45) is 12.4. The predicted octanol–water partition coefficient (Wildman–Crippen LogP) is 5.11. The Labute approximate surface area is 118 Å². The Kier molecular flexibility index (Phi) is 3.96. The molecule has 0 amide bonds. The highest BCUT2D eigenvalue weighted by Crippen LogP contribution is 2.32. The molecular weight excluding hydrogens is 228 g/mol. The average Bonchev–Trinajstić information content (AvgIpc) is 2.38. The summed E-state index contributed by atoms with van der Waals surface area (Å²) in [6.45, 7) is 4.81. The summed E-state index contributed by atoms with van der Waals surface area (Å²) >= 11 is 0. The number of aryl methyl sites for hydroxylation is 3. The van der Waals surface area contributed by atoms with Crippen LogP contribution < -0.4 is 0 Å². The number of benzene rings is 1. The molecule has 3 rings (SSSR count). The molecule has 0 N–H and O–H groups in total. The Morgan fingerprint density at radius 2 is 1.32 bits per heavy atom. The number of fused-ring (bicyclic) bond motifs is 2. The van der Waals surface area contributed by atoms with E-state index < -0.39 is 0 Å². The van der Waals surface area contributed by atoms with Gasteiger partial charge in [-0.25, -0.2) is 0 Å². The van der Waals surface area contributed by atoms with Crippen LogP contribution in [0.3, 0.4) is 0 Å². The van der Waals surface area contributed by atoms with Crippen LogP contribution in [-0.4, -0.2) is 0 Å². The lowest BCUT2D eigenvalue weighted by Crippen LogP contribution is -2.17. The van der Waals surface area contributed by atoms with Gasteiger partial charge in [0.2, 0.25) is 0 Å². The van der Waals surface area contributed by atoms with Gasteiger partial charge in [-0.2, -0.15) is 0 Å². The topological polar surface area (TPSA) is 0 Å². The highest BCUT2D eigenvalue weighted by atomic mass is 14.3. The zero-order chi connectivity index (χ0) is 13.2. The first-order chi connectivity index (χ1) is 9.24. The van der Waals surface area contributed by atoms with Gasteiger partial charge in [0.15, 0.2) is 0 Å². The van der Waals surface area contributed by atoms with E-state index in [1.165, 1.54) is 57.8 Å². The van der Waals surface area contributed by atoms with Gasteiger partial charge in [-0.1, -0.05) is 32.4 Å². The zero-order valence-corrected chi connectivity index (χ0v) is 12.7. The van der Waals surface area contributed by atoms with Crippen molar-refractivity contribution in [1.82, 2.24) is 0 Å². The fraction of sp³-hybridized carbons (Fsp3) is 0.684. The maximum absolute atomic E-state index is 2.59. The van der Waals surface area contributed by atoms with E-state index in [-0.39, 0.29) is 0 Å². The van der Waals surface area contributed by atoms with E-state index in [9.17, 15) is 0 Å². The number of hydrogen-bond donors (Lipinski definition) is 0. The molecular formula is C19H28. The highest BCUT2D eigenvalue weighted by molar-refractivity contribution is 5.40. The summed E-state index contributed by atoms with van der Waals surface area (Å²) in [7, 11) is 0. The first-order valence-electron chi connectivity index (χ1n) is 8.37. The molecule has 1 aromatic carbocycles. The third-order valence-corrected chi connectivity index (χ3v) is 5.36. The van der Waals surface area contributed by atoms with E-state index >= 15 is 0 Å². The molecule has 2 aliphatic carbocycles. The molecule has 0 aromatic heterocycles. The molecule has 0 nitrogen and oxygen atoms in total. The van der Waals surface area contributed by atoms with Gasteiger partial charge in [0, 0.05) is 0 Å². The normalized spacial score (nSPS) is 23.4. The second-order valence-electron chi connectivity index (χ2n) is 7.05. The minimum Gasteiger partial charge on any atom is -0.0625 e. The molecule has 1 unspecified atom stereocenters. The lowest BCUT2D eigenvalue weighted by atomic mass is 9.78. The van der Waals surface area contributed by atoms with Crippen LogP contribution in [0, 0.1) is 11.8 Å². The van der Waals surface area contributed by atoms with E-state index in [1.807, 2.05) is 0 Å². The van der Waals surface area contributed by atoms with E-state index in [4.69, 9.17) is 0 Å². The average molecular weight is 256 g/mol. The minimum absolute atomic E-state index is 0.835. The molecule has 2 aliphatic rings. The fourth-order valence-electron chi connectivity index (χ4n) is 3.99. The second kappa shape index (κ2) is 5.69. The molecule has 0 spiro atoms. The second-order valence-corrected chi connectivity index (χ2v) is 7.05. The van der Waals surface area contributed by atoms with Gasteiger partial charge >= 0.3 is 0 Å². The Hall–Kier alpha value is -0.780. The first-order valence-corrected chi connectivity index (χ1v) is 8.37. The van der Waals surface area contributed by atoms with Crippen LogP contribution in [0.25, 0.3) is 0 Å². The number of rotatable bonds is 1. The summed E-state index contributed by atoms with van der Waals surface area (Å²) in [5, 5.41) is 0. The molecule has 0 saturated heterocycles. The Bertz CT molecular complexity index is 442. The molecule has 0 radical (unpaired) electrons. The fourth-order valence-corrected chi connectivity index (χ4v) is 3.99. The van der Waals surface area contributed by atoms with Gasteiger partial charge in [0.05, 0.1) is 0 Å². The highest BCUT2D eigenvalue weighted by Gasteiger charge is 2.20. The summed E-state index contributed by atoms with van der Waals surface area (Å²) in [6, 6.07) is 5.16. The molecule has 0 heterocycles. The van der Waals surface area contributed by atoms with Crippen molar-refractivity contribution in [2.24, 2.45) is 11.8 Å². The van der Waals surface area contributed by atoms with Crippen molar-refractivity contribution in [3.63, 3.8) is 0 Å². The molecule has 104 valence electrons. The standard InChI is InChI=1S/C19H28/c1-14(2)15-7-3-4-10-18-12-16-8-5-6-9-17(16)13-19(18)11-15/h12-15H,3-11H2,1-2H3. The summed E-state index contributed by atoms with van der Waals surface area (Å²) in [5.41, 5.74) is 6.73. The molecule has 0 bridgehead atoms. The molecule has 0 aliphatic heterocycles. The maximum atomic E-state index is 2.59. The van der Waals surface area contributed by atoms with Gasteiger partial charge in [-0.05, 0) is 85.5 Å². The minimum atomic E-state index is 0.835. The Morgan fingerprint density at radius 3 is 1.95 bits per heavy atom. The van der Waals surface area contributed by atoms with Crippen molar-refractivity contribution < 1.29 is 0 Å². The van der Waals surface area contributed by atoms with Crippen LogP contribution in [-0.2, 0) is 25.7 Å². The lowest BCUT2D eigenvalue weighted by Gasteiger charge is -2.27. The van der Waals surface area contributed by atoms with Crippen molar-refractivity contribution in [1.29, 1.82) is 0 Å². The largest absolute Gasteiger partial charge is 0.0625 e.